The van der Waals surface area contributed by atoms with Crippen LogP contribution < -0.4 is 5.32 Å². The molecule has 162 valence electrons. The predicted octanol–water partition coefficient (Wildman–Crippen LogP) is 4.60. The first kappa shape index (κ1) is 24.0. The second-order valence-corrected chi connectivity index (χ2v) is 8.72. The number of benzene rings is 2. The molecular weight excluding hydrogens is 392 g/mol. The lowest BCUT2D eigenvalue weighted by Crippen LogP contribution is -2.51. The van der Waals surface area contributed by atoms with E-state index in [2.05, 4.69) is 36.5 Å². The van der Waals surface area contributed by atoms with Gasteiger partial charge in [0.2, 0.25) is 11.8 Å². The van der Waals surface area contributed by atoms with Gasteiger partial charge >= 0.3 is 0 Å². The van der Waals surface area contributed by atoms with Gasteiger partial charge in [-0.1, -0.05) is 61.5 Å². The second-order valence-electron chi connectivity index (χ2n) is 7.74. The number of rotatable bonds is 11. The van der Waals surface area contributed by atoms with Gasteiger partial charge in [0, 0.05) is 18.3 Å². The molecule has 2 aromatic rings. The minimum atomic E-state index is -0.491. The molecule has 0 aliphatic rings. The molecule has 5 heteroatoms. The maximum atomic E-state index is 13.1. The average molecular weight is 427 g/mol. The molecule has 0 bridgehead atoms. The quantitative estimate of drug-likeness (QED) is 0.571. The monoisotopic (exact) mass is 426 g/mol. The van der Waals surface area contributed by atoms with Gasteiger partial charge in [-0.15, -0.1) is 11.8 Å². The Balaban J connectivity index is 2.01. The molecule has 2 aromatic carbocycles. The summed E-state index contributed by atoms with van der Waals surface area (Å²) < 4.78 is 0. The lowest BCUT2D eigenvalue weighted by Gasteiger charge is -2.29. The number of carbonyl (C=O) groups excluding carboxylic acids is 2. The fraction of sp³-hybridized carbons (Fsp3) is 0.440. The van der Waals surface area contributed by atoms with Crippen LogP contribution >= 0.6 is 11.8 Å². The van der Waals surface area contributed by atoms with Crippen LogP contribution in [0.3, 0.4) is 0 Å². The van der Waals surface area contributed by atoms with E-state index >= 15 is 0 Å². The van der Waals surface area contributed by atoms with Crippen LogP contribution in [0, 0.1) is 6.92 Å². The molecule has 0 aliphatic heterocycles. The minimum absolute atomic E-state index is 0.0105. The molecule has 0 spiro atoms. The molecule has 0 fully saturated rings. The molecule has 0 heterocycles. The number of amides is 2. The highest BCUT2D eigenvalue weighted by atomic mass is 32.2. The van der Waals surface area contributed by atoms with Gasteiger partial charge in [0.15, 0.2) is 0 Å². The van der Waals surface area contributed by atoms with Crippen molar-refractivity contribution in [1.82, 2.24) is 10.2 Å². The molecule has 0 aromatic heterocycles. The topological polar surface area (TPSA) is 49.4 Å². The Kier molecular flexibility index (Phi) is 9.95. The maximum absolute atomic E-state index is 13.1. The van der Waals surface area contributed by atoms with Gasteiger partial charge in [-0.2, -0.15) is 0 Å². The first-order chi connectivity index (χ1) is 14.4. The Morgan fingerprint density at radius 2 is 1.70 bits per heavy atom. The van der Waals surface area contributed by atoms with Gasteiger partial charge in [-0.05, 0) is 50.3 Å². The molecule has 0 saturated heterocycles. The number of hydrogen-bond donors (Lipinski definition) is 1. The van der Waals surface area contributed by atoms with Gasteiger partial charge in [0.05, 0.1) is 5.75 Å². The number of nitrogens with zero attached hydrogens (tertiary/aromatic N) is 1. The van der Waals surface area contributed by atoms with Crippen molar-refractivity contribution in [2.75, 3.05) is 12.3 Å². The van der Waals surface area contributed by atoms with Crippen molar-refractivity contribution in [3.63, 3.8) is 0 Å². The smallest absolute Gasteiger partial charge is 0.242 e. The van der Waals surface area contributed by atoms with Crippen molar-refractivity contribution in [1.29, 1.82) is 0 Å². The number of aryl methyl sites for hydroxylation is 1. The molecule has 0 unspecified atom stereocenters. The molecule has 0 saturated carbocycles. The third kappa shape index (κ3) is 7.52. The fourth-order valence-electron chi connectivity index (χ4n) is 3.14. The number of nitrogens with one attached hydrogen (secondary N) is 1. The second kappa shape index (κ2) is 12.4. The predicted molar refractivity (Wildman–Crippen MR) is 127 cm³/mol. The normalized spacial score (nSPS) is 12.8. The van der Waals surface area contributed by atoms with Crippen LogP contribution in [-0.2, 0) is 21.8 Å². The van der Waals surface area contributed by atoms with E-state index in [9.17, 15) is 9.59 Å². The standard InChI is InChI=1S/C25H34N2O2S/c1-5-20(3)26-25(29)21(4)27(16-15-22-12-7-6-8-13-22)24(28)18-30-17-23-14-10-9-11-19(23)2/h6-14,20-21H,5,15-18H2,1-4H3,(H,26,29)/t20-,21+/m1/s1. The van der Waals surface area contributed by atoms with Gasteiger partial charge in [-0.3, -0.25) is 9.59 Å². The van der Waals surface area contributed by atoms with E-state index in [0.717, 1.165) is 24.2 Å². The first-order valence-corrected chi connectivity index (χ1v) is 11.8. The Morgan fingerprint density at radius 1 is 1.03 bits per heavy atom. The fourth-order valence-corrected chi connectivity index (χ4v) is 4.13. The van der Waals surface area contributed by atoms with E-state index in [1.54, 1.807) is 16.7 Å². The van der Waals surface area contributed by atoms with E-state index < -0.39 is 6.04 Å². The van der Waals surface area contributed by atoms with Crippen LogP contribution in [0.1, 0.15) is 43.9 Å². The molecule has 2 rings (SSSR count). The Morgan fingerprint density at radius 3 is 2.37 bits per heavy atom. The summed E-state index contributed by atoms with van der Waals surface area (Å²) >= 11 is 1.60. The van der Waals surface area contributed by atoms with Crippen molar-refractivity contribution < 1.29 is 9.59 Å². The van der Waals surface area contributed by atoms with Gasteiger partial charge < -0.3 is 10.2 Å². The number of hydrogen-bond acceptors (Lipinski definition) is 3. The molecule has 0 aliphatic carbocycles. The van der Waals surface area contributed by atoms with Gasteiger partial charge in [0.25, 0.3) is 0 Å². The van der Waals surface area contributed by atoms with Gasteiger partial charge in [-0.25, -0.2) is 0 Å². The van der Waals surface area contributed by atoms with Crippen molar-refractivity contribution in [3.05, 3.63) is 71.3 Å². The van der Waals surface area contributed by atoms with E-state index in [1.807, 2.05) is 51.1 Å². The third-order valence-electron chi connectivity index (χ3n) is 5.40. The van der Waals surface area contributed by atoms with Crippen LogP contribution in [0.25, 0.3) is 0 Å². The summed E-state index contributed by atoms with van der Waals surface area (Å²) in [6.07, 6.45) is 1.60. The largest absolute Gasteiger partial charge is 0.352 e. The van der Waals surface area contributed by atoms with Crippen LogP contribution in [0.5, 0.6) is 0 Å². The summed E-state index contributed by atoms with van der Waals surface area (Å²) in [5.74, 6) is 1.08. The molecule has 0 radical (unpaired) electrons. The zero-order valence-corrected chi connectivity index (χ0v) is 19.4. The number of carbonyl (C=O) groups is 2. The minimum Gasteiger partial charge on any atom is -0.352 e. The molecule has 30 heavy (non-hydrogen) atoms. The van der Waals surface area contributed by atoms with Crippen LogP contribution in [0.4, 0.5) is 0 Å². The zero-order chi connectivity index (χ0) is 21.9. The van der Waals surface area contributed by atoms with Crippen molar-refractivity contribution in [2.24, 2.45) is 0 Å². The highest BCUT2D eigenvalue weighted by molar-refractivity contribution is 7.99. The van der Waals surface area contributed by atoms with Crippen molar-refractivity contribution >= 4 is 23.6 Å². The summed E-state index contributed by atoms with van der Waals surface area (Å²) in [7, 11) is 0. The highest BCUT2D eigenvalue weighted by Gasteiger charge is 2.26. The Hall–Kier alpha value is -2.27. The van der Waals surface area contributed by atoms with E-state index in [4.69, 9.17) is 0 Å². The Labute approximate surface area is 185 Å². The lowest BCUT2D eigenvalue weighted by atomic mass is 10.1. The summed E-state index contributed by atoms with van der Waals surface area (Å²) in [6, 6.07) is 17.9. The van der Waals surface area contributed by atoms with Gasteiger partial charge in [0.1, 0.15) is 6.04 Å². The van der Waals surface area contributed by atoms with E-state index in [0.29, 0.717) is 12.3 Å². The number of thioether (sulfide) groups is 1. The van der Waals surface area contributed by atoms with E-state index in [-0.39, 0.29) is 17.9 Å². The van der Waals surface area contributed by atoms with Crippen LogP contribution in [-0.4, -0.2) is 41.1 Å². The third-order valence-corrected chi connectivity index (χ3v) is 6.36. The molecule has 1 N–H and O–H groups in total. The van der Waals surface area contributed by atoms with Crippen molar-refractivity contribution in [3.8, 4) is 0 Å². The van der Waals surface area contributed by atoms with E-state index in [1.165, 1.54) is 11.1 Å². The Bertz CT molecular complexity index is 810. The first-order valence-electron chi connectivity index (χ1n) is 10.7. The molecule has 2 amide bonds. The summed E-state index contributed by atoms with van der Waals surface area (Å²) in [5, 5.41) is 3.01. The van der Waals surface area contributed by atoms with Crippen LogP contribution in [0.15, 0.2) is 54.6 Å². The highest BCUT2D eigenvalue weighted by Crippen LogP contribution is 2.17. The molecule has 4 nitrogen and oxygen atoms in total. The average Bonchev–Trinajstić information content (AvgIpc) is 2.75. The van der Waals surface area contributed by atoms with Crippen molar-refractivity contribution in [2.45, 2.75) is 58.4 Å². The summed E-state index contributed by atoms with van der Waals surface area (Å²) in [5.41, 5.74) is 3.64. The SMILES string of the molecule is CC[C@@H](C)NC(=O)[C@H](C)N(CCc1ccccc1)C(=O)CSCc1ccccc1C. The molecule has 2 atom stereocenters. The lowest BCUT2D eigenvalue weighted by molar-refractivity contribution is -0.138. The molecular formula is C25H34N2O2S. The summed E-state index contributed by atoms with van der Waals surface area (Å²) in [4.78, 5) is 27.5. The zero-order valence-electron chi connectivity index (χ0n) is 18.6. The maximum Gasteiger partial charge on any atom is 0.242 e. The van der Waals surface area contributed by atoms with Crippen LogP contribution in [0.2, 0.25) is 0 Å². The summed E-state index contributed by atoms with van der Waals surface area (Å²) in [6.45, 7) is 8.47.